The van der Waals surface area contributed by atoms with Gasteiger partial charge in [-0.3, -0.25) is 0 Å². The molecule has 1 aromatic rings. The molecule has 0 amide bonds. The molecule has 29 heavy (non-hydrogen) atoms. The van der Waals surface area contributed by atoms with E-state index in [1.165, 1.54) is 36.8 Å². The smallest absolute Gasteiger partial charge is 0.191 e. The van der Waals surface area contributed by atoms with E-state index < -0.39 is 0 Å². The number of nitrogens with zero attached hydrogens (tertiary/aromatic N) is 1. The number of halogens is 1. The number of benzene rings is 1. The van der Waals surface area contributed by atoms with Crippen LogP contribution in [0.2, 0.25) is 0 Å². The minimum Gasteiger partial charge on any atom is -0.381 e. The molecule has 0 unspecified atom stereocenters. The highest BCUT2D eigenvalue weighted by atomic mass is 127. The maximum absolute atomic E-state index is 6.05. The molecule has 2 aliphatic rings. The van der Waals surface area contributed by atoms with Gasteiger partial charge in [0.2, 0.25) is 0 Å². The van der Waals surface area contributed by atoms with Gasteiger partial charge in [-0.1, -0.05) is 37.6 Å². The van der Waals surface area contributed by atoms with Gasteiger partial charge in [0, 0.05) is 26.3 Å². The normalized spacial score (nSPS) is 19.2. The van der Waals surface area contributed by atoms with E-state index in [-0.39, 0.29) is 24.0 Å². The van der Waals surface area contributed by atoms with Crippen molar-refractivity contribution in [2.45, 2.75) is 71.6 Å². The van der Waals surface area contributed by atoms with E-state index in [4.69, 9.17) is 14.5 Å². The standard InChI is InChI=1S/C23H37N3O2.HI/c1-3-23(11-6-12-23)18-26-22(24-4-2)25-16-19-7-5-8-20(15-19)17-28-21-9-13-27-14-10-21;/h5,7-8,15,21H,3-4,6,9-14,16-18H2,1-2H3,(H2,24,25,26);1H. The SMILES string of the molecule is CCNC(=NCc1cccc(COC2CCOCC2)c1)NCC1(CC)CCC1.I. The summed E-state index contributed by atoms with van der Waals surface area (Å²) in [6.45, 7) is 9.30. The van der Waals surface area contributed by atoms with E-state index >= 15 is 0 Å². The van der Waals surface area contributed by atoms with Gasteiger partial charge < -0.3 is 20.1 Å². The van der Waals surface area contributed by atoms with Gasteiger partial charge in [-0.2, -0.15) is 0 Å². The van der Waals surface area contributed by atoms with Crippen molar-refractivity contribution in [2.75, 3.05) is 26.3 Å². The minimum absolute atomic E-state index is 0. The first-order chi connectivity index (χ1) is 13.7. The van der Waals surface area contributed by atoms with E-state index in [9.17, 15) is 0 Å². The third-order valence-corrected chi connectivity index (χ3v) is 6.20. The Labute approximate surface area is 193 Å². The van der Waals surface area contributed by atoms with Crippen molar-refractivity contribution in [3.63, 3.8) is 0 Å². The molecule has 164 valence electrons. The predicted molar refractivity (Wildman–Crippen MR) is 130 cm³/mol. The van der Waals surface area contributed by atoms with Gasteiger partial charge in [0.15, 0.2) is 5.96 Å². The quantitative estimate of drug-likeness (QED) is 0.286. The van der Waals surface area contributed by atoms with E-state index in [0.29, 0.717) is 24.7 Å². The molecule has 0 aromatic heterocycles. The first-order valence-corrected chi connectivity index (χ1v) is 11.0. The summed E-state index contributed by atoms with van der Waals surface area (Å²) in [5, 5.41) is 6.95. The molecule has 3 rings (SSSR count). The van der Waals surface area contributed by atoms with Gasteiger partial charge in [-0.25, -0.2) is 4.99 Å². The van der Waals surface area contributed by atoms with Gasteiger partial charge in [0.25, 0.3) is 0 Å². The highest BCUT2D eigenvalue weighted by Crippen LogP contribution is 2.42. The Hall–Kier alpha value is -0.860. The molecule has 0 spiro atoms. The second-order valence-electron chi connectivity index (χ2n) is 8.20. The largest absolute Gasteiger partial charge is 0.381 e. The number of ether oxygens (including phenoxy) is 2. The Kier molecular flexibility index (Phi) is 10.7. The minimum atomic E-state index is 0. The third-order valence-electron chi connectivity index (χ3n) is 6.20. The highest BCUT2D eigenvalue weighted by Gasteiger charge is 2.34. The van der Waals surface area contributed by atoms with Crippen molar-refractivity contribution < 1.29 is 9.47 Å². The van der Waals surface area contributed by atoms with Gasteiger partial charge in [0.05, 0.1) is 19.3 Å². The lowest BCUT2D eigenvalue weighted by molar-refractivity contribution is -0.0390. The van der Waals surface area contributed by atoms with Crippen LogP contribution < -0.4 is 10.6 Å². The zero-order chi connectivity index (χ0) is 19.7. The summed E-state index contributed by atoms with van der Waals surface area (Å²) in [4.78, 5) is 4.81. The first kappa shape index (κ1) is 24.4. The predicted octanol–water partition coefficient (Wildman–Crippen LogP) is 4.64. The molecule has 1 aliphatic carbocycles. The number of guanidine groups is 1. The summed E-state index contributed by atoms with van der Waals surface area (Å²) in [5.41, 5.74) is 2.92. The van der Waals surface area contributed by atoms with Gasteiger partial charge in [-0.05, 0) is 55.6 Å². The molecule has 0 atom stereocenters. The van der Waals surface area contributed by atoms with E-state index in [0.717, 1.165) is 45.1 Å². The molecule has 1 saturated carbocycles. The van der Waals surface area contributed by atoms with Crippen molar-refractivity contribution in [1.29, 1.82) is 0 Å². The van der Waals surface area contributed by atoms with Gasteiger partial charge >= 0.3 is 0 Å². The van der Waals surface area contributed by atoms with Crippen LogP contribution in [0.4, 0.5) is 0 Å². The summed E-state index contributed by atoms with van der Waals surface area (Å²) < 4.78 is 11.5. The number of nitrogens with one attached hydrogen (secondary N) is 2. The first-order valence-electron chi connectivity index (χ1n) is 11.0. The van der Waals surface area contributed by atoms with Gasteiger partial charge in [0.1, 0.15) is 0 Å². The summed E-state index contributed by atoms with van der Waals surface area (Å²) in [7, 11) is 0. The molecule has 6 heteroatoms. The van der Waals surface area contributed by atoms with Crippen LogP contribution in [0.15, 0.2) is 29.3 Å². The van der Waals surface area contributed by atoms with E-state index in [1.54, 1.807) is 0 Å². The van der Waals surface area contributed by atoms with Crippen LogP contribution in [-0.4, -0.2) is 38.4 Å². The fraction of sp³-hybridized carbons (Fsp3) is 0.696. The number of hydrogen-bond donors (Lipinski definition) is 2. The van der Waals surface area contributed by atoms with Crippen molar-refractivity contribution in [2.24, 2.45) is 10.4 Å². The van der Waals surface area contributed by atoms with Crippen molar-refractivity contribution in [3.8, 4) is 0 Å². The summed E-state index contributed by atoms with van der Waals surface area (Å²) in [6.07, 6.45) is 7.62. The molecule has 1 aliphatic heterocycles. The Bertz CT molecular complexity index is 623. The molecule has 1 heterocycles. The summed E-state index contributed by atoms with van der Waals surface area (Å²) in [6, 6.07) is 8.60. The lowest BCUT2D eigenvalue weighted by Crippen LogP contribution is -2.46. The monoisotopic (exact) mass is 515 g/mol. The van der Waals surface area contributed by atoms with Crippen molar-refractivity contribution >= 4 is 29.9 Å². The van der Waals surface area contributed by atoms with Crippen LogP contribution in [0.3, 0.4) is 0 Å². The van der Waals surface area contributed by atoms with Crippen LogP contribution in [0.1, 0.15) is 63.5 Å². The molecule has 0 bridgehead atoms. The summed E-state index contributed by atoms with van der Waals surface area (Å²) >= 11 is 0. The number of aliphatic imine (C=N–C) groups is 1. The average Bonchev–Trinajstić information content (AvgIpc) is 2.71. The number of hydrogen-bond acceptors (Lipinski definition) is 3. The fourth-order valence-corrected chi connectivity index (χ4v) is 3.99. The average molecular weight is 515 g/mol. The zero-order valence-corrected chi connectivity index (χ0v) is 20.4. The molecule has 0 radical (unpaired) electrons. The van der Waals surface area contributed by atoms with Crippen LogP contribution in [-0.2, 0) is 22.6 Å². The molecular weight excluding hydrogens is 477 g/mol. The highest BCUT2D eigenvalue weighted by molar-refractivity contribution is 14.0. The van der Waals surface area contributed by atoms with E-state index in [2.05, 4.69) is 48.7 Å². The van der Waals surface area contributed by atoms with Crippen molar-refractivity contribution in [3.05, 3.63) is 35.4 Å². The topological polar surface area (TPSA) is 54.9 Å². The third kappa shape index (κ3) is 7.72. The van der Waals surface area contributed by atoms with Gasteiger partial charge in [-0.15, -0.1) is 24.0 Å². The Morgan fingerprint density at radius 3 is 2.59 bits per heavy atom. The summed E-state index contributed by atoms with van der Waals surface area (Å²) in [5.74, 6) is 0.922. The molecule has 5 nitrogen and oxygen atoms in total. The van der Waals surface area contributed by atoms with Crippen LogP contribution in [0, 0.1) is 5.41 Å². The lowest BCUT2D eigenvalue weighted by Gasteiger charge is -2.41. The second-order valence-corrected chi connectivity index (χ2v) is 8.20. The molecule has 1 saturated heterocycles. The fourth-order valence-electron chi connectivity index (χ4n) is 3.99. The molecule has 1 aromatic carbocycles. The van der Waals surface area contributed by atoms with Crippen LogP contribution in [0.5, 0.6) is 0 Å². The lowest BCUT2D eigenvalue weighted by atomic mass is 9.67. The van der Waals surface area contributed by atoms with E-state index in [1.807, 2.05) is 0 Å². The van der Waals surface area contributed by atoms with Crippen molar-refractivity contribution in [1.82, 2.24) is 10.6 Å². The molecular formula is C23H38IN3O2. The maximum atomic E-state index is 6.05. The molecule has 2 N–H and O–H groups in total. The van der Waals surface area contributed by atoms with Crippen LogP contribution in [0.25, 0.3) is 0 Å². The number of rotatable bonds is 9. The Morgan fingerprint density at radius 2 is 1.93 bits per heavy atom. The second kappa shape index (κ2) is 12.7. The molecule has 2 fully saturated rings. The maximum Gasteiger partial charge on any atom is 0.191 e. The zero-order valence-electron chi connectivity index (χ0n) is 18.0. The van der Waals surface area contributed by atoms with Crippen LogP contribution >= 0.6 is 24.0 Å². The Balaban J connectivity index is 0.00000300. The Morgan fingerprint density at radius 1 is 1.17 bits per heavy atom.